The highest BCUT2D eigenvalue weighted by Gasteiger charge is 2.12. The third kappa shape index (κ3) is 4.52. The molecule has 0 unspecified atom stereocenters. The molecule has 0 bridgehead atoms. The summed E-state index contributed by atoms with van der Waals surface area (Å²) in [5.74, 6) is 0.438. The lowest BCUT2D eigenvalue weighted by Gasteiger charge is -2.09. The molecule has 0 aliphatic rings. The molecule has 124 valence electrons. The van der Waals surface area contributed by atoms with Crippen LogP contribution in [0.5, 0.6) is 11.5 Å². The number of benzene rings is 1. The fraction of sp³-hybridized carbons (Fsp3) is 0.176. The summed E-state index contributed by atoms with van der Waals surface area (Å²) >= 11 is 1.96. The van der Waals surface area contributed by atoms with E-state index < -0.39 is 5.91 Å². The predicted molar refractivity (Wildman–Crippen MR) is 96.1 cm³/mol. The highest BCUT2D eigenvalue weighted by Crippen LogP contribution is 2.33. The Labute approximate surface area is 152 Å². The number of nitrogens with zero attached hydrogens (tertiary/aromatic N) is 1. The van der Waals surface area contributed by atoms with Crippen LogP contribution in [0.15, 0.2) is 40.5 Å². The van der Waals surface area contributed by atoms with Gasteiger partial charge in [-0.3, -0.25) is 4.79 Å². The number of nitrogens with one attached hydrogen (secondary N) is 1. The van der Waals surface area contributed by atoms with Crippen molar-refractivity contribution in [3.8, 4) is 17.6 Å². The molecule has 0 atom stereocenters. The lowest BCUT2D eigenvalue weighted by Crippen LogP contribution is -2.23. The number of ether oxygens (including phenoxy) is 1. The van der Waals surface area contributed by atoms with Crippen LogP contribution >= 0.6 is 22.6 Å². The highest BCUT2D eigenvalue weighted by atomic mass is 127. The fourth-order valence-electron chi connectivity index (χ4n) is 1.93. The minimum absolute atomic E-state index is 0.0374. The standard InChI is InChI=1S/C17H15IN2O4/c1-2-23-15-8-11(7-14(18)16(15)21)6-12(9-19)17(22)20-10-13-4-3-5-24-13/h3-8,21H,2,10H2,1H3,(H,20,22). The van der Waals surface area contributed by atoms with Crippen molar-refractivity contribution >= 4 is 34.6 Å². The van der Waals surface area contributed by atoms with E-state index in [1.165, 1.54) is 12.3 Å². The number of carbonyl (C=O) groups is 1. The number of carbonyl (C=O) groups excluding carboxylic acids is 1. The first kappa shape index (κ1) is 17.9. The molecular weight excluding hydrogens is 423 g/mol. The Hall–Kier alpha value is -2.47. The van der Waals surface area contributed by atoms with E-state index in [1.807, 2.05) is 28.7 Å². The molecule has 24 heavy (non-hydrogen) atoms. The van der Waals surface area contributed by atoms with Crippen molar-refractivity contribution in [3.63, 3.8) is 0 Å². The second-order valence-corrected chi connectivity index (χ2v) is 5.88. The SMILES string of the molecule is CCOc1cc(C=C(C#N)C(=O)NCc2ccco2)cc(I)c1O. The zero-order valence-electron chi connectivity index (χ0n) is 12.9. The number of halogens is 1. The lowest BCUT2D eigenvalue weighted by atomic mass is 10.1. The van der Waals surface area contributed by atoms with E-state index in [0.29, 0.717) is 27.3 Å². The van der Waals surface area contributed by atoms with E-state index >= 15 is 0 Å². The van der Waals surface area contributed by atoms with E-state index in [1.54, 1.807) is 31.2 Å². The summed E-state index contributed by atoms with van der Waals surface area (Å²) < 4.78 is 11.0. The van der Waals surface area contributed by atoms with Crippen LogP contribution in [-0.2, 0) is 11.3 Å². The van der Waals surface area contributed by atoms with Gasteiger partial charge in [-0.15, -0.1) is 0 Å². The topological polar surface area (TPSA) is 95.5 Å². The monoisotopic (exact) mass is 438 g/mol. The molecule has 1 aromatic heterocycles. The van der Waals surface area contributed by atoms with Gasteiger partial charge in [-0.25, -0.2) is 0 Å². The van der Waals surface area contributed by atoms with Crippen molar-refractivity contribution < 1.29 is 19.1 Å². The number of phenolic OH excluding ortho intramolecular Hbond substituents is 1. The molecule has 0 aliphatic carbocycles. The van der Waals surface area contributed by atoms with Gasteiger partial charge in [0.2, 0.25) is 0 Å². The smallest absolute Gasteiger partial charge is 0.262 e. The zero-order valence-corrected chi connectivity index (χ0v) is 15.0. The molecule has 2 rings (SSSR count). The molecule has 0 saturated heterocycles. The maximum absolute atomic E-state index is 12.1. The van der Waals surface area contributed by atoms with Crippen LogP contribution in [-0.4, -0.2) is 17.6 Å². The summed E-state index contributed by atoms with van der Waals surface area (Å²) in [6.45, 7) is 2.39. The summed E-state index contributed by atoms with van der Waals surface area (Å²) in [5.41, 5.74) is 0.538. The van der Waals surface area contributed by atoms with E-state index in [0.717, 1.165) is 0 Å². The quantitative estimate of drug-likeness (QED) is 0.410. The molecule has 1 amide bonds. The number of hydrogen-bond acceptors (Lipinski definition) is 5. The third-order valence-corrected chi connectivity index (χ3v) is 3.85. The van der Waals surface area contributed by atoms with Gasteiger partial charge in [0, 0.05) is 0 Å². The third-order valence-electron chi connectivity index (χ3n) is 3.03. The lowest BCUT2D eigenvalue weighted by molar-refractivity contribution is -0.117. The number of furan rings is 1. The summed E-state index contributed by atoms with van der Waals surface area (Å²) in [6, 6.07) is 8.57. The number of nitriles is 1. The highest BCUT2D eigenvalue weighted by molar-refractivity contribution is 14.1. The van der Waals surface area contributed by atoms with E-state index in [4.69, 9.17) is 9.15 Å². The van der Waals surface area contributed by atoms with Gasteiger partial charge in [0.25, 0.3) is 5.91 Å². The first-order chi connectivity index (χ1) is 11.5. The van der Waals surface area contributed by atoms with Crippen LogP contribution in [0.3, 0.4) is 0 Å². The summed E-state index contributed by atoms with van der Waals surface area (Å²) in [5, 5.41) is 21.8. The largest absolute Gasteiger partial charge is 0.504 e. The van der Waals surface area contributed by atoms with Crippen LogP contribution in [0, 0.1) is 14.9 Å². The molecular formula is C17H15IN2O4. The molecule has 7 heteroatoms. The summed E-state index contributed by atoms with van der Waals surface area (Å²) in [6.07, 6.45) is 2.96. The Morgan fingerprint density at radius 2 is 2.33 bits per heavy atom. The summed E-state index contributed by atoms with van der Waals surface area (Å²) in [7, 11) is 0. The Morgan fingerprint density at radius 1 is 1.54 bits per heavy atom. The van der Waals surface area contributed by atoms with Crippen molar-refractivity contribution in [1.29, 1.82) is 5.26 Å². The van der Waals surface area contributed by atoms with Gasteiger partial charge >= 0.3 is 0 Å². The Bertz CT molecular complexity index is 792. The molecule has 6 nitrogen and oxygen atoms in total. The van der Waals surface area contributed by atoms with Crippen molar-refractivity contribution in [2.24, 2.45) is 0 Å². The fourth-order valence-corrected chi connectivity index (χ4v) is 2.56. The van der Waals surface area contributed by atoms with E-state index in [-0.39, 0.29) is 17.9 Å². The summed E-state index contributed by atoms with van der Waals surface area (Å²) in [4.78, 5) is 12.1. The normalized spacial score (nSPS) is 11.0. The Balaban J connectivity index is 2.20. The van der Waals surface area contributed by atoms with Gasteiger partial charge in [-0.05, 0) is 65.4 Å². The molecule has 0 radical (unpaired) electrons. The zero-order chi connectivity index (χ0) is 17.5. The average Bonchev–Trinajstić information content (AvgIpc) is 3.08. The first-order valence-corrected chi connectivity index (χ1v) is 8.20. The minimum Gasteiger partial charge on any atom is -0.504 e. The molecule has 0 fully saturated rings. The van der Waals surface area contributed by atoms with E-state index in [9.17, 15) is 15.2 Å². The molecule has 2 N–H and O–H groups in total. The van der Waals surface area contributed by atoms with Crippen molar-refractivity contribution in [2.75, 3.05) is 6.61 Å². The molecule has 0 aliphatic heterocycles. The van der Waals surface area contributed by atoms with Crippen LogP contribution < -0.4 is 10.1 Å². The number of hydrogen-bond donors (Lipinski definition) is 2. The Kier molecular flexibility index (Phi) is 6.26. The van der Waals surface area contributed by atoms with Gasteiger partial charge in [0.15, 0.2) is 11.5 Å². The van der Waals surface area contributed by atoms with Gasteiger partial charge in [-0.2, -0.15) is 5.26 Å². The number of aromatic hydroxyl groups is 1. The van der Waals surface area contributed by atoms with Gasteiger partial charge in [-0.1, -0.05) is 0 Å². The molecule has 0 spiro atoms. The van der Waals surface area contributed by atoms with Gasteiger partial charge in [0.1, 0.15) is 17.4 Å². The second kappa shape index (κ2) is 8.40. The molecule has 1 heterocycles. The molecule has 1 aromatic carbocycles. The average molecular weight is 438 g/mol. The van der Waals surface area contributed by atoms with Crippen molar-refractivity contribution in [3.05, 3.63) is 51.0 Å². The van der Waals surface area contributed by atoms with Crippen molar-refractivity contribution in [2.45, 2.75) is 13.5 Å². The van der Waals surface area contributed by atoms with Crippen molar-refractivity contribution in [1.82, 2.24) is 5.32 Å². The second-order valence-electron chi connectivity index (χ2n) is 4.71. The first-order valence-electron chi connectivity index (χ1n) is 7.12. The molecule has 2 aromatic rings. The number of rotatable bonds is 6. The van der Waals surface area contributed by atoms with Crippen LogP contribution in [0.25, 0.3) is 6.08 Å². The maximum atomic E-state index is 12.1. The minimum atomic E-state index is -0.505. The number of phenols is 1. The van der Waals surface area contributed by atoms with Crippen LogP contribution in [0.2, 0.25) is 0 Å². The van der Waals surface area contributed by atoms with E-state index in [2.05, 4.69) is 5.32 Å². The van der Waals surface area contributed by atoms with Crippen LogP contribution in [0.1, 0.15) is 18.2 Å². The Morgan fingerprint density at radius 3 is 2.96 bits per heavy atom. The number of amides is 1. The predicted octanol–water partition coefficient (Wildman–Crippen LogP) is 3.21. The maximum Gasteiger partial charge on any atom is 0.262 e. The van der Waals surface area contributed by atoms with Gasteiger partial charge in [0.05, 0.1) is 23.0 Å². The molecule has 0 saturated carbocycles. The van der Waals surface area contributed by atoms with Gasteiger partial charge < -0.3 is 19.6 Å². The van der Waals surface area contributed by atoms with Crippen LogP contribution in [0.4, 0.5) is 0 Å².